The number of carbonyl (C=O) groups is 1. The van der Waals surface area contributed by atoms with Gasteiger partial charge >= 0.3 is 5.97 Å². The smallest absolute Gasteiger partial charge is 0.350 e. The Balaban J connectivity index is 1.74. The average Bonchev–Trinajstić information content (AvgIpc) is 2.88. The van der Waals surface area contributed by atoms with Crippen molar-refractivity contribution in [2.24, 2.45) is 0 Å². The molecule has 0 unspecified atom stereocenters. The standard InChI is InChI=1S/C29H22O2S/c30-29(28-22-12-14-23-13-10-11-21-27(23)28)31-32(24-15-4-1-5-16-24,25-17-6-2-7-18-25)26-19-8-3-9-20-26/h1-22H. The summed E-state index contributed by atoms with van der Waals surface area (Å²) in [6.45, 7) is 0. The fourth-order valence-corrected chi connectivity index (χ4v) is 6.99. The summed E-state index contributed by atoms with van der Waals surface area (Å²) in [4.78, 5) is 16.7. The first-order valence-electron chi connectivity index (χ1n) is 10.5. The second-order valence-electron chi connectivity index (χ2n) is 7.39. The molecule has 0 N–H and O–H groups in total. The zero-order valence-electron chi connectivity index (χ0n) is 17.4. The van der Waals surface area contributed by atoms with Crippen molar-refractivity contribution in [1.82, 2.24) is 0 Å². The van der Waals surface area contributed by atoms with E-state index in [4.69, 9.17) is 4.18 Å². The largest absolute Gasteiger partial charge is 0.398 e. The van der Waals surface area contributed by atoms with Crippen LogP contribution in [0.25, 0.3) is 10.8 Å². The van der Waals surface area contributed by atoms with Crippen molar-refractivity contribution in [3.63, 3.8) is 0 Å². The first kappa shape index (κ1) is 20.1. The summed E-state index contributed by atoms with van der Waals surface area (Å²) >= 11 is 0. The summed E-state index contributed by atoms with van der Waals surface area (Å²) in [6, 6.07) is 43.9. The van der Waals surface area contributed by atoms with E-state index in [2.05, 4.69) is 0 Å². The normalized spacial score (nSPS) is 11.8. The van der Waals surface area contributed by atoms with E-state index in [1.54, 1.807) is 0 Å². The van der Waals surface area contributed by atoms with Gasteiger partial charge in [-0.1, -0.05) is 91.0 Å². The number of fused-ring (bicyclic) bond motifs is 1. The second-order valence-corrected chi connectivity index (χ2v) is 10.1. The maximum atomic E-state index is 13.8. The summed E-state index contributed by atoms with van der Waals surface area (Å²) in [7, 11) is -2.30. The number of benzene rings is 5. The maximum absolute atomic E-state index is 13.8. The minimum absolute atomic E-state index is 0.326. The molecule has 5 aromatic carbocycles. The van der Waals surface area contributed by atoms with Crippen molar-refractivity contribution in [3.8, 4) is 0 Å². The van der Waals surface area contributed by atoms with Gasteiger partial charge in [-0.25, -0.2) is 4.79 Å². The quantitative estimate of drug-likeness (QED) is 0.281. The molecule has 5 aromatic rings. The van der Waals surface area contributed by atoms with Gasteiger partial charge in [-0.3, -0.25) is 0 Å². The lowest BCUT2D eigenvalue weighted by molar-refractivity contribution is 0.0759. The van der Waals surface area contributed by atoms with Crippen LogP contribution in [0.15, 0.2) is 148 Å². The Morgan fingerprint density at radius 2 is 0.938 bits per heavy atom. The second kappa shape index (κ2) is 8.74. The molecule has 0 aromatic heterocycles. The van der Waals surface area contributed by atoms with Crippen LogP contribution in [0.2, 0.25) is 0 Å². The molecular weight excluding hydrogens is 412 g/mol. The molecule has 32 heavy (non-hydrogen) atoms. The number of hydrogen-bond donors (Lipinski definition) is 0. The van der Waals surface area contributed by atoms with E-state index in [1.165, 1.54) is 0 Å². The fraction of sp³-hybridized carbons (Fsp3) is 0. The Labute approximate surface area is 189 Å². The van der Waals surface area contributed by atoms with Gasteiger partial charge in [-0.05, 0) is 63.5 Å². The lowest BCUT2D eigenvalue weighted by Gasteiger charge is -2.39. The van der Waals surface area contributed by atoms with Crippen LogP contribution in [-0.2, 0) is 4.18 Å². The number of rotatable bonds is 5. The van der Waals surface area contributed by atoms with Gasteiger partial charge in [-0.15, -0.1) is 0 Å². The molecule has 5 rings (SSSR count). The highest BCUT2D eigenvalue weighted by Gasteiger charge is 2.36. The Kier molecular flexibility index (Phi) is 5.49. The van der Waals surface area contributed by atoms with E-state index in [1.807, 2.05) is 133 Å². The fourth-order valence-electron chi connectivity index (χ4n) is 3.95. The zero-order valence-corrected chi connectivity index (χ0v) is 18.2. The van der Waals surface area contributed by atoms with E-state index >= 15 is 0 Å². The van der Waals surface area contributed by atoms with Crippen molar-refractivity contribution in [3.05, 3.63) is 139 Å². The van der Waals surface area contributed by atoms with Crippen LogP contribution in [0.3, 0.4) is 0 Å². The van der Waals surface area contributed by atoms with E-state index in [0.29, 0.717) is 5.56 Å². The number of carbonyl (C=O) groups excluding carboxylic acids is 1. The molecule has 0 radical (unpaired) electrons. The van der Waals surface area contributed by atoms with Crippen molar-refractivity contribution < 1.29 is 8.98 Å². The van der Waals surface area contributed by atoms with E-state index in [9.17, 15) is 4.79 Å². The van der Waals surface area contributed by atoms with Crippen molar-refractivity contribution in [2.75, 3.05) is 0 Å². The monoisotopic (exact) mass is 434 g/mol. The SMILES string of the molecule is O=C(OS(c1ccccc1)(c1ccccc1)c1ccccc1)c1cccc2ccccc12. The molecule has 3 heteroatoms. The Morgan fingerprint density at radius 3 is 1.47 bits per heavy atom. The molecule has 0 aliphatic heterocycles. The number of hydrogen-bond acceptors (Lipinski definition) is 2. The highest BCUT2D eigenvalue weighted by Crippen LogP contribution is 2.69. The van der Waals surface area contributed by atoms with Crippen LogP contribution in [0.1, 0.15) is 10.4 Å². The maximum Gasteiger partial charge on any atom is 0.350 e. The molecule has 0 saturated heterocycles. The van der Waals surface area contributed by atoms with Gasteiger partial charge in [0.05, 0.1) is 5.56 Å². The van der Waals surface area contributed by atoms with Crippen molar-refractivity contribution in [2.45, 2.75) is 14.7 Å². The molecule has 0 spiro atoms. The topological polar surface area (TPSA) is 26.3 Å². The van der Waals surface area contributed by atoms with Gasteiger partial charge in [0, 0.05) is 14.7 Å². The Bertz CT molecular complexity index is 1250. The van der Waals surface area contributed by atoms with Crippen LogP contribution >= 0.6 is 10.3 Å². The van der Waals surface area contributed by atoms with Crippen LogP contribution in [0, 0.1) is 0 Å². The van der Waals surface area contributed by atoms with Gasteiger partial charge in [0.25, 0.3) is 0 Å². The third-order valence-electron chi connectivity index (χ3n) is 5.44. The molecule has 0 bridgehead atoms. The Hall–Kier alpha value is -3.82. The van der Waals surface area contributed by atoms with E-state index in [-0.39, 0.29) is 5.97 Å². The predicted octanol–water partition coefficient (Wildman–Crippen LogP) is 7.89. The molecule has 0 amide bonds. The predicted molar refractivity (Wildman–Crippen MR) is 131 cm³/mol. The Morgan fingerprint density at radius 1 is 0.500 bits per heavy atom. The van der Waals surface area contributed by atoms with Crippen molar-refractivity contribution >= 4 is 27.1 Å². The minimum atomic E-state index is -2.30. The summed E-state index contributed by atoms with van der Waals surface area (Å²) < 4.78 is 6.63. The third kappa shape index (κ3) is 3.57. The lowest BCUT2D eigenvalue weighted by Crippen LogP contribution is -2.14. The van der Waals surface area contributed by atoms with Crippen LogP contribution in [0.5, 0.6) is 0 Å². The molecule has 156 valence electrons. The summed E-state index contributed by atoms with van der Waals surface area (Å²) in [5.41, 5.74) is 0.572. The first-order chi connectivity index (χ1) is 15.8. The molecule has 0 saturated carbocycles. The lowest BCUT2D eigenvalue weighted by atomic mass is 10.1. The van der Waals surface area contributed by atoms with Gasteiger partial charge in [0.15, 0.2) is 0 Å². The third-order valence-corrected chi connectivity index (χ3v) is 8.65. The van der Waals surface area contributed by atoms with Gasteiger partial charge in [0.1, 0.15) is 0 Å². The van der Waals surface area contributed by atoms with Crippen LogP contribution in [0.4, 0.5) is 0 Å². The highest BCUT2D eigenvalue weighted by atomic mass is 32.3. The molecule has 0 aliphatic carbocycles. The molecule has 0 heterocycles. The molecule has 2 nitrogen and oxygen atoms in total. The molecule has 0 aliphatic rings. The van der Waals surface area contributed by atoms with E-state index < -0.39 is 10.3 Å². The molecular formula is C29H22O2S. The molecule has 0 fully saturated rings. The summed E-state index contributed by atoms with van der Waals surface area (Å²) in [5, 5.41) is 1.91. The van der Waals surface area contributed by atoms with E-state index in [0.717, 1.165) is 25.5 Å². The van der Waals surface area contributed by atoms with Crippen LogP contribution in [-0.4, -0.2) is 5.97 Å². The summed E-state index contributed by atoms with van der Waals surface area (Å²) in [6.07, 6.45) is 0. The zero-order chi connectivity index (χ0) is 21.8. The van der Waals surface area contributed by atoms with Gasteiger partial charge in [-0.2, -0.15) is 0 Å². The summed E-state index contributed by atoms with van der Waals surface area (Å²) in [5.74, 6) is -0.326. The molecule has 0 atom stereocenters. The highest BCUT2D eigenvalue weighted by molar-refractivity contribution is 8.30. The van der Waals surface area contributed by atoms with Crippen molar-refractivity contribution in [1.29, 1.82) is 0 Å². The first-order valence-corrected chi connectivity index (χ1v) is 12.0. The van der Waals surface area contributed by atoms with Crippen LogP contribution < -0.4 is 0 Å². The van der Waals surface area contributed by atoms with Gasteiger partial charge < -0.3 is 4.18 Å². The minimum Gasteiger partial charge on any atom is -0.398 e. The van der Waals surface area contributed by atoms with Gasteiger partial charge in [0.2, 0.25) is 0 Å². The average molecular weight is 435 g/mol.